The lowest BCUT2D eigenvalue weighted by molar-refractivity contribution is -0.124. The Balaban J connectivity index is 1.23. The summed E-state index contributed by atoms with van der Waals surface area (Å²) in [5, 5.41) is 3.06. The number of nitrogens with one attached hydrogen (secondary N) is 1. The summed E-state index contributed by atoms with van der Waals surface area (Å²) in [6.45, 7) is 4.13. The fourth-order valence-electron chi connectivity index (χ4n) is 4.50. The Hall–Kier alpha value is -2.35. The third kappa shape index (κ3) is 5.00. The van der Waals surface area contributed by atoms with Crippen molar-refractivity contribution in [3.8, 4) is 0 Å². The van der Waals surface area contributed by atoms with Crippen LogP contribution in [0.1, 0.15) is 24.4 Å². The van der Waals surface area contributed by atoms with E-state index in [9.17, 15) is 9.59 Å². The molecule has 32 heavy (non-hydrogen) atoms. The molecule has 1 N–H and O–H groups in total. The average Bonchev–Trinajstić information content (AvgIpc) is 3.64. The van der Waals surface area contributed by atoms with Crippen LogP contribution in [-0.2, 0) is 9.59 Å². The highest BCUT2D eigenvalue weighted by atomic mass is 32.2. The smallest absolute Gasteiger partial charge is 0.241 e. The monoisotopic (exact) mass is 450 g/mol. The van der Waals surface area contributed by atoms with Crippen molar-refractivity contribution in [3.05, 3.63) is 60.2 Å². The lowest BCUT2D eigenvalue weighted by atomic mass is 10.1. The number of carbonyl (C=O) groups is 2. The first kappa shape index (κ1) is 21.5. The minimum Gasteiger partial charge on any atom is -0.352 e. The molecule has 0 bridgehead atoms. The Morgan fingerprint density at radius 2 is 1.53 bits per heavy atom. The Bertz CT molecular complexity index is 957. The normalized spacial score (nSPS) is 21.8. The van der Waals surface area contributed by atoms with Crippen molar-refractivity contribution in [2.24, 2.45) is 0 Å². The molecule has 0 spiro atoms. The predicted octanol–water partition coefficient (Wildman–Crippen LogP) is 2.76. The first-order chi connectivity index (χ1) is 15.7. The molecule has 2 heterocycles. The van der Waals surface area contributed by atoms with Crippen molar-refractivity contribution in [2.75, 3.05) is 49.9 Å². The van der Waals surface area contributed by atoms with Gasteiger partial charge in [0.2, 0.25) is 11.8 Å². The standard InChI is InChI=1S/C25H30N4O2S/c30-24(26-20-10-11-20)16-27-12-14-28(15-13-27)17-25(31)29-21-8-4-5-9-23(21)32-18-22(29)19-6-2-1-3-7-19/h1-9,20,22H,10-18H2,(H,26,30)/t22-/m1/s1. The number of hydrogen-bond donors (Lipinski definition) is 1. The topological polar surface area (TPSA) is 55.9 Å². The fourth-order valence-corrected chi connectivity index (χ4v) is 5.66. The second-order valence-electron chi connectivity index (χ2n) is 8.86. The van der Waals surface area contributed by atoms with Crippen LogP contribution in [0.4, 0.5) is 5.69 Å². The van der Waals surface area contributed by atoms with Crippen LogP contribution in [-0.4, -0.2) is 72.7 Å². The average molecular weight is 451 g/mol. The highest BCUT2D eigenvalue weighted by molar-refractivity contribution is 7.99. The molecule has 1 aliphatic carbocycles. The number of piperazine rings is 1. The Labute approximate surface area is 193 Å². The number of fused-ring (bicyclic) bond motifs is 1. The van der Waals surface area contributed by atoms with Crippen molar-refractivity contribution in [1.82, 2.24) is 15.1 Å². The molecule has 2 aliphatic heterocycles. The zero-order valence-corrected chi connectivity index (χ0v) is 19.1. The maximum Gasteiger partial charge on any atom is 0.241 e. The van der Waals surface area contributed by atoms with Crippen LogP contribution in [0.15, 0.2) is 59.5 Å². The lowest BCUT2D eigenvalue weighted by Crippen LogP contribution is -2.52. The molecule has 0 aromatic heterocycles. The summed E-state index contributed by atoms with van der Waals surface area (Å²) in [5.41, 5.74) is 2.19. The van der Waals surface area contributed by atoms with Crippen LogP contribution in [0.25, 0.3) is 0 Å². The number of anilines is 1. The van der Waals surface area contributed by atoms with Gasteiger partial charge in [0.25, 0.3) is 0 Å². The maximum atomic E-state index is 13.6. The van der Waals surface area contributed by atoms with Gasteiger partial charge < -0.3 is 10.2 Å². The van der Waals surface area contributed by atoms with E-state index in [2.05, 4.69) is 39.4 Å². The highest BCUT2D eigenvalue weighted by Crippen LogP contribution is 2.43. The summed E-state index contributed by atoms with van der Waals surface area (Å²) < 4.78 is 0. The zero-order valence-electron chi connectivity index (χ0n) is 18.3. The molecule has 6 nitrogen and oxygen atoms in total. The van der Waals surface area contributed by atoms with E-state index < -0.39 is 0 Å². The van der Waals surface area contributed by atoms with E-state index in [4.69, 9.17) is 0 Å². The van der Waals surface area contributed by atoms with Gasteiger partial charge in [-0.2, -0.15) is 0 Å². The van der Waals surface area contributed by atoms with Gasteiger partial charge in [-0.1, -0.05) is 42.5 Å². The highest BCUT2D eigenvalue weighted by Gasteiger charge is 2.33. The zero-order chi connectivity index (χ0) is 21.9. The van der Waals surface area contributed by atoms with Crippen LogP contribution in [0.3, 0.4) is 0 Å². The van der Waals surface area contributed by atoms with E-state index in [1.165, 1.54) is 10.5 Å². The molecule has 5 rings (SSSR count). The van der Waals surface area contributed by atoms with E-state index in [1.54, 1.807) is 0 Å². The Morgan fingerprint density at radius 1 is 0.875 bits per heavy atom. The largest absolute Gasteiger partial charge is 0.352 e. The summed E-state index contributed by atoms with van der Waals surface area (Å²) in [6.07, 6.45) is 2.23. The molecule has 7 heteroatoms. The van der Waals surface area contributed by atoms with Gasteiger partial charge in [-0.3, -0.25) is 19.4 Å². The molecule has 1 saturated heterocycles. The third-order valence-electron chi connectivity index (χ3n) is 6.42. The molecule has 1 atom stereocenters. The molecular formula is C25H30N4O2S. The summed E-state index contributed by atoms with van der Waals surface area (Å²) >= 11 is 1.82. The molecule has 2 aromatic carbocycles. The quantitative estimate of drug-likeness (QED) is 0.734. The minimum absolute atomic E-state index is 0.0380. The van der Waals surface area contributed by atoms with Gasteiger partial charge in [0, 0.05) is 42.9 Å². The number of benzene rings is 2. The molecule has 3 aliphatic rings. The van der Waals surface area contributed by atoms with Crippen molar-refractivity contribution < 1.29 is 9.59 Å². The van der Waals surface area contributed by atoms with Crippen LogP contribution < -0.4 is 10.2 Å². The van der Waals surface area contributed by atoms with Crippen molar-refractivity contribution in [1.29, 1.82) is 0 Å². The second kappa shape index (κ2) is 9.65. The predicted molar refractivity (Wildman–Crippen MR) is 128 cm³/mol. The van der Waals surface area contributed by atoms with E-state index >= 15 is 0 Å². The Morgan fingerprint density at radius 3 is 2.25 bits per heavy atom. The summed E-state index contributed by atoms with van der Waals surface area (Å²) in [7, 11) is 0. The Kier molecular flexibility index (Phi) is 6.48. The molecule has 1 saturated carbocycles. The molecule has 2 amide bonds. The van der Waals surface area contributed by atoms with Crippen molar-refractivity contribution in [3.63, 3.8) is 0 Å². The van der Waals surface area contributed by atoms with Gasteiger partial charge in [0.15, 0.2) is 0 Å². The van der Waals surface area contributed by atoms with Gasteiger partial charge >= 0.3 is 0 Å². The molecular weight excluding hydrogens is 420 g/mol. The summed E-state index contributed by atoms with van der Waals surface area (Å²) in [6, 6.07) is 19.0. The molecule has 0 radical (unpaired) electrons. The van der Waals surface area contributed by atoms with E-state index in [1.807, 2.05) is 47.0 Å². The number of amides is 2. The number of thioether (sulfide) groups is 1. The van der Waals surface area contributed by atoms with Crippen LogP contribution in [0.2, 0.25) is 0 Å². The van der Waals surface area contributed by atoms with Gasteiger partial charge in [-0.15, -0.1) is 11.8 Å². The van der Waals surface area contributed by atoms with Crippen molar-refractivity contribution in [2.45, 2.75) is 29.8 Å². The molecule has 168 valence electrons. The maximum absolute atomic E-state index is 13.6. The van der Waals surface area contributed by atoms with Gasteiger partial charge in [0.1, 0.15) is 0 Å². The third-order valence-corrected chi connectivity index (χ3v) is 7.56. The van der Waals surface area contributed by atoms with Gasteiger partial charge in [0.05, 0.1) is 24.8 Å². The first-order valence-electron chi connectivity index (χ1n) is 11.5. The fraction of sp³-hybridized carbons (Fsp3) is 0.440. The van der Waals surface area contributed by atoms with Crippen LogP contribution >= 0.6 is 11.8 Å². The first-order valence-corrected chi connectivity index (χ1v) is 12.5. The number of nitrogens with zero attached hydrogens (tertiary/aromatic N) is 3. The molecule has 2 aromatic rings. The SMILES string of the molecule is O=C(CN1CCN(CC(=O)N2c3ccccc3SC[C@@H]2c2ccccc2)CC1)NC1CC1. The van der Waals surface area contributed by atoms with E-state index in [0.717, 1.165) is 50.5 Å². The van der Waals surface area contributed by atoms with Gasteiger partial charge in [-0.25, -0.2) is 0 Å². The number of rotatable bonds is 6. The lowest BCUT2D eigenvalue weighted by Gasteiger charge is -2.39. The molecule has 0 unspecified atom stereocenters. The number of carbonyl (C=O) groups excluding carboxylic acids is 2. The minimum atomic E-state index is 0.0380. The number of hydrogen-bond acceptors (Lipinski definition) is 5. The van der Waals surface area contributed by atoms with Crippen molar-refractivity contribution >= 4 is 29.3 Å². The second-order valence-corrected chi connectivity index (χ2v) is 9.92. The van der Waals surface area contributed by atoms with Crippen LogP contribution in [0, 0.1) is 0 Å². The van der Waals surface area contributed by atoms with Gasteiger partial charge in [-0.05, 0) is 30.5 Å². The summed E-state index contributed by atoms with van der Waals surface area (Å²) in [4.78, 5) is 33.3. The van der Waals surface area contributed by atoms with E-state index in [-0.39, 0.29) is 17.9 Å². The molecule has 2 fully saturated rings. The number of para-hydroxylation sites is 1. The van der Waals surface area contributed by atoms with E-state index in [0.29, 0.717) is 19.1 Å². The van der Waals surface area contributed by atoms with Crippen LogP contribution in [0.5, 0.6) is 0 Å². The summed E-state index contributed by atoms with van der Waals surface area (Å²) in [5.74, 6) is 1.13.